The maximum absolute atomic E-state index is 0. The molecule has 4 heavy (non-hydrogen) atoms. The van der Waals surface area contributed by atoms with Gasteiger partial charge in [0.1, 0.15) is 0 Å². The van der Waals surface area contributed by atoms with Crippen LogP contribution in [0.15, 0.2) is 0 Å². The van der Waals surface area contributed by atoms with Gasteiger partial charge in [0.2, 0.25) is 0 Å². The number of hydrogen-bond donors (Lipinski definition) is 0. The van der Waals surface area contributed by atoms with Crippen molar-refractivity contribution in [3.8, 4) is 0 Å². The van der Waals surface area contributed by atoms with Crippen molar-refractivity contribution in [3.05, 3.63) is 0 Å². The predicted octanol–water partition coefficient (Wildman–Crippen LogP) is -0.0100. The molecule has 0 aliphatic rings. The molecule has 0 rings (SSSR count). The van der Waals surface area contributed by atoms with E-state index in [0.29, 0.717) is 0 Å². The van der Waals surface area contributed by atoms with Crippen LogP contribution in [0.3, 0.4) is 0 Å². The molecule has 0 aromatic heterocycles. The molecule has 0 aliphatic heterocycles. The van der Waals surface area contributed by atoms with Gasteiger partial charge in [-0.25, -0.2) is 0 Å². The Morgan fingerprint density at radius 3 is 1.00 bits per heavy atom. The second-order valence-corrected chi connectivity index (χ2v) is 0. The topological polar surface area (TPSA) is 0 Å². The van der Waals surface area contributed by atoms with Crippen molar-refractivity contribution >= 4 is 0 Å². The van der Waals surface area contributed by atoms with E-state index in [4.69, 9.17) is 0 Å². The Morgan fingerprint density at radius 2 is 1.00 bits per heavy atom. The quantitative estimate of drug-likeness (QED) is 0.540. The van der Waals surface area contributed by atoms with Crippen LogP contribution in [0.5, 0.6) is 0 Å². The van der Waals surface area contributed by atoms with Crippen molar-refractivity contribution in [2.75, 3.05) is 0 Å². The minimum atomic E-state index is 0. The van der Waals surface area contributed by atoms with Crippen molar-refractivity contribution in [1.82, 2.24) is 0 Å². The summed E-state index contributed by atoms with van der Waals surface area (Å²) < 4.78 is 0. The Hall–Kier alpha value is 2.40. The first-order valence-corrected chi connectivity index (χ1v) is 0. The van der Waals surface area contributed by atoms with Gasteiger partial charge in [-0.2, -0.15) is 0 Å². The van der Waals surface area contributed by atoms with E-state index in [1.807, 2.05) is 0 Å². The monoisotopic (exact) mass is 262 g/mol. The summed E-state index contributed by atoms with van der Waals surface area (Å²) in [6.45, 7) is 0. The molecule has 0 unspecified atom stereocenters. The van der Waals surface area contributed by atoms with E-state index in [-0.39, 0.29) is 76.5 Å². The van der Waals surface area contributed by atoms with Crippen LogP contribution in [-0.4, -0.2) is 0 Å². The molecule has 0 fully saturated rings. The fraction of sp³-hybridized carbons (Fsp3) is 0. The van der Waals surface area contributed by atoms with Gasteiger partial charge in [-0.05, 0) is 0 Å². The van der Waals surface area contributed by atoms with Crippen LogP contribution >= 0.6 is 0 Å². The van der Waals surface area contributed by atoms with Gasteiger partial charge in [0.05, 0.1) is 0 Å². The Balaban J connectivity index is 0. The van der Waals surface area contributed by atoms with Gasteiger partial charge in [0.15, 0.2) is 0 Å². The molecule has 0 aliphatic carbocycles. The summed E-state index contributed by atoms with van der Waals surface area (Å²) in [5.74, 6) is 0. The van der Waals surface area contributed by atoms with Gasteiger partial charge in [-0.15, -0.1) is 0 Å². The first kappa shape index (κ1) is 32.4. The van der Waals surface area contributed by atoms with Gasteiger partial charge in [0, 0.05) is 76.5 Å². The van der Waals surface area contributed by atoms with Gasteiger partial charge >= 0.3 is 0 Å². The minimum Gasteiger partial charge on any atom is 0 e. The first-order valence-electron chi connectivity index (χ1n) is 0. The summed E-state index contributed by atoms with van der Waals surface area (Å²) in [5, 5.41) is 0. The second-order valence-electron chi connectivity index (χ2n) is 0. The van der Waals surface area contributed by atoms with Crippen LogP contribution in [0.4, 0.5) is 0 Å². The van der Waals surface area contributed by atoms with Gasteiger partial charge in [-0.1, -0.05) is 0 Å². The molecule has 4 heteroatoms. The van der Waals surface area contributed by atoms with E-state index in [1.54, 1.807) is 0 Å². The van der Waals surface area contributed by atoms with Gasteiger partial charge in [-0.3, -0.25) is 0 Å². The largest absolute Gasteiger partial charge is 0 e. The first-order chi connectivity index (χ1) is 0. The normalized spacial score (nSPS) is 0. The molecule has 0 aromatic rings. The fourth-order valence-electron chi connectivity index (χ4n) is 0. The van der Waals surface area contributed by atoms with E-state index in [0.717, 1.165) is 0 Å². The van der Waals surface area contributed by atoms with Crippen LogP contribution in [0.1, 0.15) is 0 Å². The van der Waals surface area contributed by atoms with E-state index in [9.17, 15) is 0 Å². The average Bonchev–Trinajstić information content (AvgIpc) is 0. The zero-order valence-corrected chi connectivity index (χ0v) is 7.19. The molecule has 0 saturated heterocycles. The summed E-state index contributed by atoms with van der Waals surface area (Å²) in [6, 6.07) is 0. The van der Waals surface area contributed by atoms with E-state index >= 15 is 0 Å². The van der Waals surface area contributed by atoms with Crippen molar-refractivity contribution in [3.63, 3.8) is 0 Å². The number of hydrogen-bond acceptors (Lipinski definition) is 0. The van der Waals surface area contributed by atoms with Crippen LogP contribution in [-0.2, 0) is 76.5 Å². The summed E-state index contributed by atoms with van der Waals surface area (Å²) >= 11 is 0. The average molecular weight is 264 g/mol. The molecule has 0 aromatic carbocycles. The van der Waals surface area contributed by atoms with Crippen LogP contribution in [0.25, 0.3) is 0 Å². The fourth-order valence-corrected chi connectivity index (χ4v) is 0. The Kier molecular flexibility index (Phi) is 147. The molecule has 0 atom stereocenters. The van der Waals surface area contributed by atoms with Crippen LogP contribution < -0.4 is 0 Å². The smallest absolute Gasteiger partial charge is 0 e. The molecule has 30 valence electrons. The second kappa shape index (κ2) is 18.1. The van der Waals surface area contributed by atoms with Crippen LogP contribution in [0.2, 0.25) is 0 Å². The maximum atomic E-state index is 0. The molecule has 2 radical (unpaired) electrons. The molecular formula is CoMnNiZr. The van der Waals surface area contributed by atoms with E-state index < -0.39 is 0 Å². The summed E-state index contributed by atoms with van der Waals surface area (Å²) in [4.78, 5) is 0. The maximum Gasteiger partial charge on any atom is 0 e. The third-order valence-electron chi connectivity index (χ3n) is 0. The molecule has 0 nitrogen and oxygen atoms in total. The predicted molar refractivity (Wildman–Crippen MR) is 0 cm³/mol. The minimum absolute atomic E-state index is 0. The molecule has 0 saturated carbocycles. The zero-order chi connectivity index (χ0) is 0. The van der Waals surface area contributed by atoms with Crippen LogP contribution in [0, 0.1) is 0 Å². The molecule has 0 N–H and O–H groups in total. The van der Waals surface area contributed by atoms with Gasteiger partial charge in [0.25, 0.3) is 0 Å². The summed E-state index contributed by atoms with van der Waals surface area (Å²) in [6.07, 6.45) is 0. The van der Waals surface area contributed by atoms with Crippen molar-refractivity contribution in [1.29, 1.82) is 0 Å². The molecule has 0 heterocycles. The zero-order valence-electron chi connectivity index (χ0n) is 1.53. The summed E-state index contributed by atoms with van der Waals surface area (Å²) in [7, 11) is 0. The SMILES string of the molecule is [Co].[Mn].[Ni].[Zr]. The third-order valence-corrected chi connectivity index (χ3v) is 0. The standard InChI is InChI=1S/Co.Mn.Ni.Zr. The van der Waals surface area contributed by atoms with Crippen molar-refractivity contribution in [2.45, 2.75) is 0 Å². The van der Waals surface area contributed by atoms with Gasteiger partial charge < -0.3 is 0 Å². The Labute approximate surface area is 75.6 Å². The number of rotatable bonds is 0. The van der Waals surface area contributed by atoms with Crippen molar-refractivity contribution in [2.24, 2.45) is 0 Å². The Morgan fingerprint density at radius 1 is 1.00 bits per heavy atom. The van der Waals surface area contributed by atoms with Crippen molar-refractivity contribution < 1.29 is 76.5 Å². The van der Waals surface area contributed by atoms with E-state index in [2.05, 4.69) is 0 Å². The third kappa shape index (κ3) is 8.83. The van der Waals surface area contributed by atoms with E-state index in [1.165, 1.54) is 0 Å². The molecule has 0 spiro atoms. The molecular weight excluding hydrogens is 264 g/mol. The Bertz CT molecular complexity index is 8.00. The molecule has 0 bridgehead atoms. The summed E-state index contributed by atoms with van der Waals surface area (Å²) in [5.41, 5.74) is 0. The molecule has 0 amide bonds.